The summed E-state index contributed by atoms with van der Waals surface area (Å²) in [7, 11) is 0. The van der Waals surface area contributed by atoms with Gasteiger partial charge >= 0.3 is 5.97 Å². The first kappa shape index (κ1) is 40.2. The molecule has 2 heterocycles. The number of likely N-dealkylation sites (N-methyl/N-ethyl adjacent to an activating group) is 1. The van der Waals surface area contributed by atoms with Crippen molar-refractivity contribution in [1.29, 1.82) is 0 Å². The van der Waals surface area contributed by atoms with Crippen molar-refractivity contribution in [3.8, 4) is 17.2 Å². The van der Waals surface area contributed by atoms with Crippen LogP contribution in [0, 0.1) is 11.8 Å². The van der Waals surface area contributed by atoms with E-state index in [1.807, 2.05) is 46.8 Å². The van der Waals surface area contributed by atoms with Gasteiger partial charge in [-0.25, -0.2) is 4.79 Å². The number of hydrogen-bond acceptors (Lipinski definition) is 9. The number of aromatic hydroxyl groups is 2. The number of ether oxygens (including phenoxy) is 3. The van der Waals surface area contributed by atoms with E-state index < -0.39 is 40.4 Å². The van der Waals surface area contributed by atoms with E-state index in [1.54, 1.807) is 19.1 Å². The zero-order valence-corrected chi connectivity index (χ0v) is 33.4. The second-order valence-corrected chi connectivity index (χ2v) is 16.2. The molecule has 4 atom stereocenters. The van der Waals surface area contributed by atoms with Crippen molar-refractivity contribution in [2.24, 2.45) is 11.8 Å². The molecule has 288 valence electrons. The molecule has 9 heteroatoms. The maximum atomic E-state index is 14.9. The average Bonchev–Trinajstić information content (AvgIpc) is 3.25. The highest BCUT2D eigenvalue weighted by Crippen LogP contribution is 2.68. The van der Waals surface area contributed by atoms with Gasteiger partial charge in [0.1, 0.15) is 29.4 Å². The Morgan fingerprint density at radius 2 is 1.60 bits per heavy atom. The molecule has 2 fully saturated rings. The highest BCUT2D eigenvalue weighted by Gasteiger charge is 2.81. The van der Waals surface area contributed by atoms with Crippen molar-refractivity contribution < 1.29 is 38.8 Å². The van der Waals surface area contributed by atoms with Gasteiger partial charge < -0.3 is 29.3 Å². The minimum Gasteiger partial charge on any atom is -0.507 e. The molecule has 9 nitrogen and oxygen atoms in total. The third-order valence-corrected chi connectivity index (χ3v) is 11.7. The Balaban J connectivity index is 1.60. The number of carbonyl (C=O) groups is 3. The van der Waals surface area contributed by atoms with Crippen LogP contribution in [0.5, 0.6) is 17.2 Å². The molecule has 0 amide bonds. The lowest BCUT2D eigenvalue weighted by atomic mass is 9.51. The molecule has 2 N–H and O–H groups in total. The standard InChI is InChI=1S/C44H59NO8/c1-11-45(12-2)22-23-51-41(50)29(8)20-21-43-40(49)30-24-33-38(48)35-37(47)31(19-17-28(7)15-13-14-26(3)4)36(46)32(18-16-27(5)6)39(35)52-44(33,43)34(25-30)42(9,10)53-43/h14,16-17,20,24,30,34,46-47H,11-13,15,18-19,21-23,25H2,1-10H3/b28-17+,29-20+. The fourth-order valence-corrected chi connectivity index (χ4v) is 8.72. The molecule has 1 saturated heterocycles. The average molecular weight is 730 g/mol. The number of Topliss-reactive ketones (excluding diaryl/α,β-unsaturated/α-hetero) is 2. The van der Waals surface area contributed by atoms with E-state index in [9.17, 15) is 24.6 Å². The lowest BCUT2D eigenvalue weighted by Crippen LogP contribution is -2.72. The molecule has 6 rings (SSSR count). The zero-order valence-electron chi connectivity index (χ0n) is 33.4. The number of allylic oxidation sites excluding steroid dienone is 7. The van der Waals surface area contributed by atoms with Crippen LogP contribution in [0.1, 0.15) is 116 Å². The minimum atomic E-state index is -1.63. The normalized spacial score (nSPS) is 25.5. The molecule has 2 aliphatic heterocycles. The highest BCUT2D eigenvalue weighted by atomic mass is 16.6. The van der Waals surface area contributed by atoms with Crippen LogP contribution in [0.4, 0.5) is 0 Å². The van der Waals surface area contributed by atoms with Gasteiger partial charge in [-0.05, 0) is 101 Å². The van der Waals surface area contributed by atoms with E-state index in [1.165, 1.54) is 5.57 Å². The molecule has 0 aromatic heterocycles. The lowest BCUT2D eigenvalue weighted by molar-refractivity contribution is -0.171. The van der Waals surface area contributed by atoms with Gasteiger partial charge in [-0.3, -0.25) is 9.59 Å². The molecule has 5 aliphatic rings. The number of nitrogens with zero attached hydrogens (tertiary/aromatic N) is 1. The first-order chi connectivity index (χ1) is 24.9. The van der Waals surface area contributed by atoms with Gasteiger partial charge in [-0.1, -0.05) is 60.9 Å². The topological polar surface area (TPSA) is 123 Å². The SMILES string of the molecule is CCN(CC)CCOC(=O)/C(C)=C/CC12OC(C)(C)C3CC(C=C4C(=O)c5c(O)c(C/C=C(\C)CCC=C(C)C)c(O)c(CC=C(C)C)c5OC431)C2=O. The third-order valence-electron chi connectivity index (χ3n) is 11.7. The molecule has 4 bridgehead atoms. The second kappa shape index (κ2) is 15.4. The van der Waals surface area contributed by atoms with E-state index in [2.05, 4.69) is 38.7 Å². The van der Waals surface area contributed by atoms with Gasteiger partial charge in [-0.15, -0.1) is 0 Å². The number of esters is 1. The minimum absolute atomic E-state index is 0.00159. The largest absolute Gasteiger partial charge is 0.507 e. The molecule has 1 spiro atoms. The summed E-state index contributed by atoms with van der Waals surface area (Å²) in [4.78, 5) is 44.7. The van der Waals surface area contributed by atoms with E-state index in [0.717, 1.165) is 37.1 Å². The van der Waals surface area contributed by atoms with Crippen LogP contribution in [0.15, 0.2) is 58.2 Å². The molecular weight excluding hydrogens is 670 g/mol. The summed E-state index contributed by atoms with van der Waals surface area (Å²) >= 11 is 0. The van der Waals surface area contributed by atoms with Crippen molar-refractivity contribution in [1.82, 2.24) is 4.90 Å². The second-order valence-electron chi connectivity index (χ2n) is 16.2. The van der Waals surface area contributed by atoms with Crippen molar-refractivity contribution in [2.75, 3.05) is 26.2 Å². The van der Waals surface area contributed by atoms with Crippen LogP contribution < -0.4 is 4.74 Å². The van der Waals surface area contributed by atoms with Crippen molar-refractivity contribution in [3.05, 3.63) is 74.9 Å². The Morgan fingerprint density at radius 3 is 2.25 bits per heavy atom. The molecule has 0 radical (unpaired) electrons. The fraction of sp³-hybridized carbons (Fsp3) is 0.568. The van der Waals surface area contributed by atoms with Gasteiger partial charge in [0.15, 0.2) is 22.8 Å². The molecular formula is C44H59NO8. The summed E-state index contributed by atoms with van der Waals surface area (Å²) in [6.45, 7) is 22.2. The van der Waals surface area contributed by atoms with E-state index in [-0.39, 0.29) is 65.6 Å². The van der Waals surface area contributed by atoms with Gasteiger partial charge in [-0.2, -0.15) is 0 Å². The molecule has 1 aromatic rings. The Morgan fingerprint density at radius 1 is 0.943 bits per heavy atom. The number of phenolic OH excluding ortho intramolecular Hbond substituents is 2. The van der Waals surface area contributed by atoms with Crippen LogP contribution in [0.2, 0.25) is 0 Å². The molecule has 1 aromatic carbocycles. The van der Waals surface area contributed by atoms with Crippen molar-refractivity contribution in [3.63, 3.8) is 0 Å². The maximum Gasteiger partial charge on any atom is 0.333 e. The molecule has 53 heavy (non-hydrogen) atoms. The monoisotopic (exact) mass is 729 g/mol. The van der Waals surface area contributed by atoms with Gasteiger partial charge in [0, 0.05) is 47.1 Å². The first-order valence-electron chi connectivity index (χ1n) is 19.2. The van der Waals surface area contributed by atoms with Gasteiger partial charge in [0.25, 0.3) is 0 Å². The third kappa shape index (κ3) is 7.07. The van der Waals surface area contributed by atoms with E-state index >= 15 is 0 Å². The van der Waals surface area contributed by atoms with E-state index in [4.69, 9.17) is 14.2 Å². The predicted molar refractivity (Wildman–Crippen MR) is 206 cm³/mol. The molecule has 4 unspecified atom stereocenters. The van der Waals surface area contributed by atoms with Crippen LogP contribution in [-0.4, -0.2) is 75.7 Å². The summed E-state index contributed by atoms with van der Waals surface area (Å²) in [6, 6.07) is 0. The Labute approximate surface area is 315 Å². The smallest absolute Gasteiger partial charge is 0.333 e. The fourth-order valence-electron chi connectivity index (χ4n) is 8.72. The number of phenols is 2. The molecule has 1 saturated carbocycles. The zero-order chi connectivity index (χ0) is 39.0. The first-order valence-corrected chi connectivity index (χ1v) is 19.2. The quantitative estimate of drug-likeness (QED) is 0.105. The number of benzene rings is 1. The number of hydrogen-bond donors (Lipinski definition) is 2. The lowest BCUT2D eigenvalue weighted by Gasteiger charge is -2.56. The summed E-state index contributed by atoms with van der Waals surface area (Å²) in [5.41, 5.74) is 0.550. The number of ketones is 2. The number of rotatable bonds is 15. The molecule has 3 aliphatic carbocycles. The summed E-state index contributed by atoms with van der Waals surface area (Å²) in [5.74, 6) is -2.50. The highest BCUT2D eigenvalue weighted by molar-refractivity contribution is 6.18. The predicted octanol–water partition coefficient (Wildman–Crippen LogP) is 8.07. The maximum absolute atomic E-state index is 14.9. The van der Waals surface area contributed by atoms with Crippen molar-refractivity contribution >= 4 is 17.5 Å². The summed E-state index contributed by atoms with van der Waals surface area (Å²) < 4.78 is 19.5. The van der Waals surface area contributed by atoms with E-state index in [0.29, 0.717) is 24.1 Å². The Kier molecular flexibility index (Phi) is 11.7. The summed E-state index contributed by atoms with van der Waals surface area (Å²) in [6.07, 6.45) is 12.1. The Hall–Kier alpha value is -3.95. The summed E-state index contributed by atoms with van der Waals surface area (Å²) in [5, 5.41) is 23.7. The van der Waals surface area contributed by atoms with Crippen molar-refractivity contribution in [2.45, 2.75) is 125 Å². The Bertz CT molecular complexity index is 1810. The van der Waals surface area contributed by atoms with Crippen LogP contribution in [-0.2, 0) is 31.9 Å². The van der Waals surface area contributed by atoms with Crippen LogP contribution in [0.3, 0.4) is 0 Å². The van der Waals surface area contributed by atoms with Gasteiger partial charge in [0.05, 0.1) is 5.60 Å². The van der Waals surface area contributed by atoms with Crippen LogP contribution >= 0.6 is 0 Å². The van der Waals surface area contributed by atoms with Crippen LogP contribution in [0.25, 0.3) is 0 Å². The number of carbonyl (C=O) groups excluding carboxylic acids is 3. The number of fused-ring (bicyclic) bond motifs is 1. The van der Waals surface area contributed by atoms with Gasteiger partial charge in [0.2, 0.25) is 0 Å².